The maximum absolute atomic E-state index is 13.0. The molecule has 2 rings (SSSR count). The van der Waals surface area contributed by atoms with Gasteiger partial charge in [-0.2, -0.15) is 0 Å². The van der Waals surface area contributed by atoms with Crippen LogP contribution >= 0.6 is 0 Å². The highest BCUT2D eigenvalue weighted by Gasteiger charge is 2.15. The van der Waals surface area contributed by atoms with Crippen LogP contribution in [0, 0.1) is 5.82 Å². The zero-order chi connectivity index (χ0) is 13.7. The van der Waals surface area contributed by atoms with Gasteiger partial charge in [0.25, 0.3) is 5.91 Å². The fraction of sp³-hybridized carbons (Fsp3) is 0.143. The molecule has 0 aliphatic rings. The normalized spacial score (nSPS) is 11.9. The summed E-state index contributed by atoms with van der Waals surface area (Å²) in [5.74, 6) is -1.05. The third kappa shape index (κ3) is 3.35. The molecule has 0 saturated heterocycles. The molecule has 2 aromatic rings. The number of aliphatic hydroxyl groups is 1. The molecule has 1 aromatic carbocycles. The van der Waals surface area contributed by atoms with E-state index in [1.807, 2.05) is 18.2 Å². The zero-order valence-electron chi connectivity index (χ0n) is 10.1. The number of carbonyl (C=O) groups is 1. The van der Waals surface area contributed by atoms with Crippen LogP contribution in [0.2, 0.25) is 0 Å². The van der Waals surface area contributed by atoms with Crippen molar-refractivity contribution in [3.05, 3.63) is 65.7 Å². The molecule has 0 bridgehead atoms. The molecule has 98 valence electrons. The molecule has 1 atom stereocenters. The monoisotopic (exact) mass is 260 g/mol. The number of hydrogen-bond acceptors (Lipinski definition) is 3. The van der Waals surface area contributed by atoms with Crippen molar-refractivity contribution < 1.29 is 14.3 Å². The van der Waals surface area contributed by atoms with Crippen LogP contribution < -0.4 is 5.32 Å². The summed E-state index contributed by atoms with van der Waals surface area (Å²) in [4.78, 5) is 15.5. The number of aromatic nitrogens is 1. The molecule has 0 aliphatic carbocycles. The lowest BCUT2D eigenvalue weighted by Crippen LogP contribution is -2.30. The third-order valence-electron chi connectivity index (χ3n) is 2.66. The summed E-state index contributed by atoms with van der Waals surface area (Å²) in [6, 6.07) is 9.63. The first-order valence-electron chi connectivity index (χ1n) is 5.78. The van der Waals surface area contributed by atoms with Crippen LogP contribution in [0.4, 0.5) is 4.39 Å². The Kier molecular flexibility index (Phi) is 4.20. The zero-order valence-corrected chi connectivity index (χ0v) is 10.1. The summed E-state index contributed by atoms with van der Waals surface area (Å²) >= 11 is 0. The first-order valence-corrected chi connectivity index (χ1v) is 5.78. The van der Waals surface area contributed by atoms with Gasteiger partial charge < -0.3 is 10.4 Å². The molecule has 1 heterocycles. The number of carbonyl (C=O) groups excluding carboxylic acids is 1. The molecule has 1 unspecified atom stereocenters. The molecule has 1 amide bonds. The van der Waals surface area contributed by atoms with Crippen LogP contribution in [0.25, 0.3) is 0 Å². The lowest BCUT2D eigenvalue weighted by atomic mass is 10.1. The second-order valence-corrected chi connectivity index (χ2v) is 4.01. The number of aliphatic hydroxyl groups excluding tert-OH is 1. The molecule has 0 spiro atoms. The van der Waals surface area contributed by atoms with Gasteiger partial charge in [-0.25, -0.2) is 4.39 Å². The van der Waals surface area contributed by atoms with Crippen LogP contribution in [0.1, 0.15) is 22.0 Å². The first kappa shape index (κ1) is 13.2. The Labute approximate surface area is 109 Å². The quantitative estimate of drug-likeness (QED) is 0.879. The number of halogens is 1. The van der Waals surface area contributed by atoms with Crippen molar-refractivity contribution in [1.29, 1.82) is 0 Å². The molecule has 2 N–H and O–H groups in total. The highest BCUT2D eigenvalue weighted by Crippen LogP contribution is 2.12. The molecular formula is C14H13FN2O2. The second kappa shape index (κ2) is 6.06. The maximum atomic E-state index is 13.0. The van der Waals surface area contributed by atoms with Gasteiger partial charge in [0.2, 0.25) is 0 Å². The lowest BCUT2D eigenvalue weighted by molar-refractivity contribution is 0.0915. The Morgan fingerprint density at radius 1 is 1.32 bits per heavy atom. The van der Waals surface area contributed by atoms with Gasteiger partial charge in [0.05, 0.1) is 24.4 Å². The van der Waals surface area contributed by atoms with E-state index in [4.69, 9.17) is 0 Å². The SMILES string of the molecule is O=C(NC(CO)c1ccccc1)c1cncc(F)c1. The minimum Gasteiger partial charge on any atom is -0.394 e. The van der Waals surface area contributed by atoms with E-state index in [0.29, 0.717) is 0 Å². The number of rotatable bonds is 4. The number of amides is 1. The van der Waals surface area contributed by atoms with Crippen LogP contribution in [-0.4, -0.2) is 22.6 Å². The Balaban J connectivity index is 2.13. The highest BCUT2D eigenvalue weighted by atomic mass is 19.1. The van der Waals surface area contributed by atoms with E-state index in [0.717, 1.165) is 17.8 Å². The van der Waals surface area contributed by atoms with Gasteiger partial charge >= 0.3 is 0 Å². The largest absolute Gasteiger partial charge is 0.394 e. The average molecular weight is 260 g/mol. The van der Waals surface area contributed by atoms with Crippen LogP contribution in [0.5, 0.6) is 0 Å². The Bertz CT molecular complexity index is 560. The summed E-state index contributed by atoms with van der Waals surface area (Å²) in [6.45, 7) is -0.238. The fourth-order valence-electron chi connectivity index (χ4n) is 1.70. The van der Waals surface area contributed by atoms with E-state index >= 15 is 0 Å². The molecule has 0 radical (unpaired) electrons. The summed E-state index contributed by atoms with van der Waals surface area (Å²) in [5, 5.41) is 12.0. The predicted molar refractivity (Wildman–Crippen MR) is 67.9 cm³/mol. The van der Waals surface area contributed by atoms with Crippen LogP contribution in [0.15, 0.2) is 48.8 Å². The van der Waals surface area contributed by atoms with Crippen LogP contribution in [-0.2, 0) is 0 Å². The summed E-state index contributed by atoms with van der Waals surface area (Å²) in [7, 11) is 0. The minimum absolute atomic E-state index is 0.120. The number of pyridine rings is 1. The molecule has 0 saturated carbocycles. The number of nitrogens with zero attached hydrogens (tertiary/aromatic N) is 1. The van der Waals surface area contributed by atoms with Gasteiger partial charge in [-0.3, -0.25) is 9.78 Å². The molecule has 4 nitrogen and oxygen atoms in total. The van der Waals surface area contributed by atoms with E-state index < -0.39 is 17.8 Å². The van der Waals surface area contributed by atoms with E-state index in [1.165, 1.54) is 6.20 Å². The van der Waals surface area contributed by atoms with Crippen molar-refractivity contribution in [2.24, 2.45) is 0 Å². The standard InChI is InChI=1S/C14H13FN2O2/c15-12-6-11(7-16-8-12)14(19)17-13(9-18)10-4-2-1-3-5-10/h1-8,13,18H,9H2,(H,17,19). The molecule has 0 aliphatic heterocycles. The third-order valence-corrected chi connectivity index (χ3v) is 2.66. The summed E-state index contributed by atoms with van der Waals surface area (Å²) < 4.78 is 13.0. The van der Waals surface area contributed by atoms with Gasteiger partial charge in [0.1, 0.15) is 5.82 Å². The maximum Gasteiger partial charge on any atom is 0.253 e. The molecule has 19 heavy (non-hydrogen) atoms. The minimum atomic E-state index is -0.576. The van der Waals surface area contributed by atoms with Gasteiger partial charge in [0.15, 0.2) is 0 Å². The van der Waals surface area contributed by atoms with Gasteiger partial charge in [-0.1, -0.05) is 30.3 Å². The Morgan fingerprint density at radius 2 is 2.05 bits per heavy atom. The summed E-state index contributed by atoms with van der Waals surface area (Å²) in [6.07, 6.45) is 2.30. The molecular weight excluding hydrogens is 247 g/mol. The summed E-state index contributed by atoms with van der Waals surface area (Å²) in [5.41, 5.74) is 0.900. The van der Waals surface area contributed by atoms with Crippen LogP contribution in [0.3, 0.4) is 0 Å². The second-order valence-electron chi connectivity index (χ2n) is 4.01. The van der Waals surface area contributed by atoms with E-state index in [2.05, 4.69) is 10.3 Å². The van der Waals surface area contributed by atoms with Crippen molar-refractivity contribution in [2.45, 2.75) is 6.04 Å². The van der Waals surface area contributed by atoms with E-state index in [-0.39, 0.29) is 12.2 Å². The smallest absolute Gasteiger partial charge is 0.253 e. The number of benzene rings is 1. The molecule has 5 heteroatoms. The highest BCUT2D eigenvalue weighted by molar-refractivity contribution is 5.94. The van der Waals surface area contributed by atoms with E-state index in [9.17, 15) is 14.3 Å². The lowest BCUT2D eigenvalue weighted by Gasteiger charge is -2.16. The Morgan fingerprint density at radius 3 is 2.68 bits per heavy atom. The van der Waals surface area contributed by atoms with Crippen molar-refractivity contribution >= 4 is 5.91 Å². The number of hydrogen-bond donors (Lipinski definition) is 2. The molecule has 1 aromatic heterocycles. The van der Waals surface area contributed by atoms with Gasteiger partial charge in [-0.05, 0) is 11.6 Å². The Hall–Kier alpha value is -2.27. The topological polar surface area (TPSA) is 62.2 Å². The predicted octanol–water partition coefficient (Wildman–Crippen LogP) is 1.68. The van der Waals surface area contributed by atoms with Gasteiger partial charge in [0, 0.05) is 6.20 Å². The van der Waals surface area contributed by atoms with Crippen molar-refractivity contribution in [3.8, 4) is 0 Å². The molecule has 0 fully saturated rings. The first-order chi connectivity index (χ1) is 9.20. The van der Waals surface area contributed by atoms with E-state index in [1.54, 1.807) is 12.1 Å². The van der Waals surface area contributed by atoms with Crippen molar-refractivity contribution in [2.75, 3.05) is 6.61 Å². The fourth-order valence-corrected chi connectivity index (χ4v) is 1.70. The van der Waals surface area contributed by atoms with Crippen molar-refractivity contribution in [1.82, 2.24) is 10.3 Å². The van der Waals surface area contributed by atoms with Crippen molar-refractivity contribution in [3.63, 3.8) is 0 Å². The van der Waals surface area contributed by atoms with Gasteiger partial charge in [-0.15, -0.1) is 0 Å². The number of nitrogens with one attached hydrogen (secondary N) is 1. The average Bonchev–Trinajstić information content (AvgIpc) is 2.45.